The number of sulfonamides is 1. The summed E-state index contributed by atoms with van der Waals surface area (Å²) in [5.41, 5.74) is 0. The summed E-state index contributed by atoms with van der Waals surface area (Å²) in [5.74, 6) is 0.822. The zero-order chi connectivity index (χ0) is 12.3. The monoisotopic (exact) mass is 261 g/mol. The Morgan fingerprint density at radius 2 is 1.94 bits per heavy atom. The molecule has 17 heavy (non-hydrogen) atoms. The summed E-state index contributed by atoms with van der Waals surface area (Å²) in [6, 6.07) is 0. The molecule has 0 saturated carbocycles. The predicted molar refractivity (Wildman–Crippen MR) is 68.5 cm³/mol. The molecule has 2 aliphatic heterocycles. The molecule has 0 aromatic heterocycles. The first-order chi connectivity index (χ1) is 8.05. The van der Waals surface area contributed by atoms with Gasteiger partial charge in [0.25, 0.3) is 0 Å². The molecule has 1 N–H and O–H groups in total. The first-order valence-corrected chi connectivity index (χ1v) is 8.29. The van der Waals surface area contributed by atoms with E-state index in [1.54, 1.807) is 4.31 Å². The molecule has 0 amide bonds. The van der Waals surface area contributed by atoms with Crippen LogP contribution in [-0.4, -0.2) is 69.7 Å². The lowest BCUT2D eigenvalue weighted by molar-refractivity contribution is 0.180. The number of hydrogen-bond acceptors (Lipinski definition) is 4. The lowest BCUT2D eigenvalue weighted by Gasteiger charge is -2.33. The highest BCUT2D eigenvalue weighted by Crippen LogP contribution is 2.14. The molecule has 1 atom stereocenters. The number of piperazine rings is 1. The van der Waals surface area contributed by atoms with Gasteiger partial charge in [-0.05, 0) is 38.4 Å². The minimum Gasteiger partial charge on any atom is -0.316 e. The maximum atomic E-state index is 11.4. The average molecular weight is 261 g/mol. The Bertz CT molecular complexity index is 331. The largest absolute Gasteiger partial charge is 0.316 e. The zero-order valence-electron chi connectivity index (χ0n) is 10.6. The number of hydrogen-bond donors (Lipinski definition) is 1. The van der Waals surface area contributed by atoms with Gasteiger partial charge in [0, 0.05) is 26.2 Å². The average Bonchev–Trinajstić information content (AvgIpc) is 2.78. The highest BCUT2D eigenvalue weighted by molar-refractivity contribution is 7.88. The quantitative estimate of drug-likeness (QED) is 0.746. The van der Waals surface area contributed by atoms with E-state index < -0.39 is 10.0 Å². The van der Waals surface area contributed by atoms with Crippen LogP contribution >= 0.6 is 0 Å². The minimum atomic E-state index is -2.98. The molecular weight excluding hydrogens is 238 g/mol. The molecule has 2 saturated heterocycles. The van der Waals surface area contributed by atoms with Crippen LogP contribution in [0.3, 0.4) is 0 Å². The fourth-order valence-electron chi connectivity index (χ4n) is 2.61. The summed E-state index contributed by atoms with van der Waals surface area (Å²) in [5, 5.41) is 3.38. The van der Waals surface area contributed by atoms with E-state index in [1.165, 1.54) is 19.1 Å². The van der Waals surface area contributed by atoms with E-state index in [1.807, 2.05) is 0 Å². The summed E-state index contributed by atoms with van der Waals surface area (Å²) < 4.78 is 24.3. The molecule has 0 aromatic carbocycles. The van der Waals surface area contributed by atoms with Gasteiger partial charge in [-0.2, -0.15) is 4.31 Å². The normalized spacial score (nSPS) is 28.6. The van der Waals surface area contributed by atoms with E-state index in [2.05, 4.69) is 10.2 Å². The lowest BCUT2D eigenvalue weighted by Crippen LogP contribution is -2.48. The Labute approximate surface area is 104 Å². The number of nitrogens with one attached hydrogen (secondary N) is 1. The summed E-state index contributed by atoms with van der Waals surface area (Å²) in [4.78, 5) is 2.39. The van der Waals surface area contributed by atoms with Gasteiger partial charge >= 0.3 is 0 Å². The Kier molecular flexibility index (Phi) is 4.41. The molecule has 6 heteroatoms. The first kappa shape index (κ1) is 13.3. The Morgan fingerprint density at radius 3 is 2.47 bits per heavy atom. The molecule has 1 unspecified atom stereocenters. The standard InChI is InChI=1S/C11H23N3O2S/c1-17(15,16)14-8-6-13(7-9-14)5-3-11-2-4-12-10-11/h11-12H,2-10H2,1H3. The van der Waals surface area contributed by atoms with Crippen molar-refractivity contribution in [1.29, 1.82) is 0 Å². The van der Waals surface area contributed by atoms with Crippen LogP contribution < -0.4 is 5.32 Å². The second-order valence-corrected chi connectivity index (χ2v) is 7.13. The Hall–Kier alpha value is -0.170. The molecular formula is C11H23N3O2S. The first-order valence-electron chi connectivity index (χ1n) is 6.44. The van der Waals surface area contributed by atoms with Crippen molar-refractivity contribution in [2.24, 2.45) is 5.92 Å². The van der Waals surface area contributed by atoms with E-state index in [4.69, 9.17) is 0 Å². The van der Waals surface area contributed by atoms with Gasteiger partial charge in [-0.15, -0.1) is 0 Å². The summed E-state index contributed by atoms with van der Waals surface area (Å²) in [6.45, 7) is 6.50. The van der Waals surface area contributed by atoms with Crippen LogP contribution in [0.1, 0.15) is 12.8 Å². The Morgan fingerprint density at radius 1 is 1.24 bits per heavy atom. The van der Waals surface area contributed by atoms with Gasteiger partial charge in [0.2, 0.25) is 10.0 Å². The predicted octanol–water partition coefficient (Wildman–Crippen LogP) is -0.437. The van der Waals surface area contributed by atoms with Crippen molar-refractivity contribution in [3.63, 3.8) is 0 Å². The molecule has 0 bridgehead atoms. The zero-order valence-corrected chi connectivity index (χ0v) is 11.4. The van der Waals surface area contributed by atoms with Gasteiger partial charge in [-0.25, -0.2) is 8.42 Å². The molecule has 2 aliphatic rings. The van der Waals surface area contributed by atoms with Crippen molar-refractivity contribution < 1.29 is 8.42 Å². The van der Waals surface area contributed by atoms with Crippen LogP contribution in [0.2, 0.25) is 0 Å². The van der Waals surface area contributed by atoms with Gasteiger partial charge < -0.3 is 10.2 Å². The topological polar surface area (TPSA) is 52.7 Å². The fourth-order valence-corrected chi connectivity index (χ4v) is 3.44. The van der Waals surface area contributed by atoms with E-state index in [-0.39, 0.29) is 0 Å². The van der Waals surface area contributed by atoms with Gasteiger partial charge in [0.1, 0.15) is 0 Å². The van der Waals surface area contributed by atoms with Gasteiger partial charge in [-0.1, -0.05) is 0 Å². The lowest BCUT2D eigenvalue weighted by atomic mass is 10.0. The number of rotatable bonds is 4. The third-order valence-electron chi connectivity index (χ3n) is 3.82. The summed E-state index contributed by atoms with van der Waals surface area (Å²) >= 11 is 0. The van der Waals surface area contributed by atoms with Crippen LogP contribution in [0.5, 0.6) is 0 Å². The second-order valence-electron chi connectivity index (χ2n) is 5.15. The maximum Gasteiger partial charge on any atom is 0.211 e. The van der Waals surface area contributed by atoms with E-state index in [0.717, 1.165) is 38.6 Å². The molecule has 100 valence electrons. The van der Waals surface area contributed by atoms with Crippen LogP contribution in [-0.2, 0) is 10.0 Å². The SMILES string of the molecule is CS(=O)(=O)N1CCN(CCC2CCNC2)CC1. The molecule has 5 nitrogen and oxygen atoms in total. The minimum absolute atomic E-state index is 0.655. The molecule has 2 heterocycles. The van der Waals surface area contributed by atoms with E-state index in [9.17, 15) is 8.42 Å². The second kappa shape index (κ2) is 5.65. The Balaban J connectivity index is 1.68. The third kappa shape index (κ3) is 3.91. The van der Waals surface area contributed by atoms with Gasteiger partial charge in [-0.3, -0.25) is 0 Å². The maximum absolute atomic E-state index is 11.4. The van der Waals surface area contributed by atoms with Crippen LogP contribution in [0.25, 0.3) is 0 Å². The fraction of sp³-hybridized carbons (Fsp3) is 1.00. The number of nitrogens with zero attached hydrogens (tertiary/aromatic N) is 2. The molecule has 2 fully saturated rings. The highest BCUT2D eigenvalue weighted by Gasteiger charge is 2.24. The van der Waals surface area contributed by atoms with Crippen molar-refractivity contribution >= 4 is 10.0 Å². The summed E-state index contributed by atoms with van der Waals surface area (Å²) in [7, 11) is -2.98. The molecule has 0 aliphatic carbocycles. The van der Waals surface area contributed by atoms with E-state index in [0.29, 0.717) is 13.1 Å². The smallest absolute Gasteiger partial charge is 0.211 e. The molecule has 2 rings (SSSR count). The van der Waals surface area contributed by atoms with Gasteiger partial charge in [0.15, 0.2) is 0 Å². The summed E-state index contributed by atoms with van der Waals surface area (Å²) in [6.07, 6.45) is 3.84. The van der Waals surface area contributed by atoms with Crippen molar-refractivity contribution in [3.8, 4) is 0 Å². The molecule has 0 spiro atoms. The van der Waals surface area contributed by atoms with Crippen molar-refractivity contribution in [1.82, 2.24) is 14.5 Å². The highest BCUT2D eigenvalue weighted by atomic mass is 32.2. The van der Waals surface area contributed by atoms with Crippen molar-refractivity contribution in [3.05, 3.63) is 0 Å². The molecule has 0 aromatic rings. The van der Waals surface area contributed by atoms with E-state index >= 15 is 0 Å². The van der Waals surface area contributed by atoms with Crippen molar-refractivity contribution in [2.45, 2.75) is 12.8 Å². The van der Waals surface area contributed by atoms with Crippen LogP contribution in [0.15, 0.2) is 0 Å². The van der Waals surface area contributed by atoms with Crippen molar-refractivity contribution in [2.75, 3.05) is 52.1 Å². The molecule has 0 radical (unpaired) electrons. The van der Waals surface area contributed by atoms with Crippen LogP contribution in [0.4, 0.5) is 0 Å². The third-order valence-corrected chi connectivity index (χ3v) is 5.12. The van der Waals surface area contributed by atoms with Gasteiger partial charge in [0.05, 0.1) is 6.26 Å². The van der Waals surface area contributed by atoms with Crippen LogP contribution in [0, 0.1) is 5.92 Å².